The third-order valence-corrected chi connectivity index (χ3v) is 2.52. The predicted molar refractivity (Wildman–Crippen MR) is 68.0 cm³/mol. The molecule has 0 aliphatic rings. The van der Waals surface area contributed by atoms with Gasteiger partial charge in [-0.25, -0.2) is 0 Å². The first kappa shape index (κ1) is 13.3. The van der Waals surface area contributed by atoms with Crippen molar-refractivity contribution in [1.29, 1.82) is 0 Å². The lowest BCUT2D eigenvalue weighted by Crippen LogP contribution is -2.26. The van der Waals surface area contributed by atoms with E-state index < -0.39 is 5.91 Å². The van der Waals surface area contributed by atoms with E-state index in [2.05, 4.69) is 10.2 Å². The molecule has 0 fully saturated rings. The van der Waals surface area contributed by atoms with Crippen LogP contribution in [-0.2, 0) is 4.79 Å². The fraction of sp³-hybridized carbons (Fsp3) is 0. The highest BCUT2D eigenvalue weighted by Crippen LogP contribution is 2.26. The summed E-state index contributed by atoms with van der Waals surface area (Å²) in [6, 6.07) is 4.68. The number of nitrogens with two attached hydrogens (primary N) is 3. The molecule has 6 nitrogen and oxygen atoms in total. The molecule has 1 aromatic rings. The topological polar surface area (TPSA) is 120 Å². The van der Waals surface area contributed by atoms with Crippen molar-refractivity contribution >= 4 is 40.8 Å². The second kappa shape index (κ2) is 5.51. The van der Waals surface area contributed by atoms with Crippen molar-refractivity contribution in [2.45, 2.75) is 0 Å². The van der Waals surface area contributed by atoms with Gasteiger partial charge in [0.1, 0.15) is 0 Å². The number of guanidine groups is 1. The maximum Gasteiger partial charge on any atom is 0.269 e. The molecule has 1 amide bonds. The Bertz CT molecular complexity index is 508. The molecular formula is C9H9Cl2N5O. The smallest absolute Gasteiger partial charge is 0.269 e. The summed E-state index contributed by atoms with van der Waals surface area (Å²) in [4.78, 5) is 11.2. The lowest BCUT2D eigenvalue weighted by Gasteiger charge is -2.04. The molecule has 17 heavy (non-hydrogen) atoms. The van der Waals surface area contributed by atoms with Gasteiger partial charge in [-0.05, 0) is 6.07 Å². The summed E-state index contributed by atoms with van der Waals surface area (Å²) in [6.07, 6.45) is 0. The number of primary amides is 1. The molecule has 1 rings (SSSR count). The first-order valence-corrected chi connectivity index (χ1v) is 5.10. The van der Waals surface area contributed by atoms with E-state index in [9.17, 15) is 4.79 Å². The van der Waals surface area contributed by atoms with Gasteiger partial charge in [-0.15, -0.1) is 10.2 Å². The minimum absolute atomic E-state index is 0.150. The van der Waals surface area contributed by atoms with Crippen molar-refractivity contribution in [2.75, 3.05) is 0 Å². The van der Waals surface area contributed by atoms with Crippen LogP contribution >= 0.6 is 23.2 Å². The third-order valence-electron chi connectivity index (χ3n) is 1.71. The van der Waals surface area contributed by atoms with E-state index in [0.29, 0.717) is 0 Å². The van der Waals surface area contributed by atoms with E-state index in [1.165, 1.54) is 6.07 Å². The Hall–Kier alpha value is -1.79. The predicted octanol–water partition coefficient (Wildman–Crippen LogP) is 0.456. The summed E-state index contributed by atoms with van der Waals surface area (Å²) in [5.74, 6) is -1.12. The van der Waals surface area contributed by atoms with Gasteiger partial charge in [0.25, 0.3) is 5.91 Å². The van der Waals surface area contributed by atoms with Gasteiger partial charge in [0.05, 0.1) is 10.0 Å². The van der Waals surface area contributed by atoms with Gasteiger partial charge in [-0.3, -0.25) is 4.79 Å². The van der Waals surface area contributed by atoms with Crippen molar-refractivity contribution in [3.8, 4) is 0 Å². The van der Waals surface area contributed by atoms with Crippen LogP contribution in [0.1, 0.15) is 5.56 Å². The van der Waals surface area contributed by atoms with E-state index >= 15 is 0 Å². The highest BCUT2D eigenvalue weighted by atomic mass is 35.5. The molecule has 0 aliphatic heterocycles. The van der Waals surface area contributed by atoms with Crippen molar-refractivity contribution in [3.05, 3.63) is 33.8 Å². The standard InChI is InChI=1S/C9H9Cl2N5O/c10-5-3-1-2-4(6(5)11)7(8(12)17)15-16-9(13)14/h1-3H,(H2,12,17)(H4,13,14,16). The second-order valence-corrected chi connectivity index (χ2v) is 3.72. The van der Waals surface area contributed by atoms with Crippen LogP contribution in [0.5, 0.6) is 0 Å². The third kappa shape index (κ3) is 3.33. The first-order chi connectivity index (χ1) is 7.93. The van der Waals surface area contributed by atoms with E-state index in [1.807, 2.05) is 0 Å². The molecule has 0 aromatic heterocycles. The number of carbonyl (C=O) groups is 1. The Labute approximate surface area is 107 Å². The van der Waals surface area contributed by atoms with Crippen molar-refractivity contribution in [3.63, 3.8) is 0 Å². The molecule has 0 saturated heterocycles. The van der Waals surface area contributed by atoms with Gasteiger partial charge in [-0.1, -0.05) is 35.3 Å². The molecular weight excluding hydrogens is 265 g/mol. The Morgan fingerprint density at radius 2 is 1.76 bits per heavy atom. The first-order valence-electron chi connectivity index (χ1n) is 4.34. The molecule has 1 aromatic carbocycles. The number of benzene rings is 1. The average molecular weight is 274 g/mol. The van der Waals surface area contributed by atoms with Crippen LogP contribution in [0, 0.1) is 0 Å². The normalized spacial score (nSPS) is 11.1. The number of hydrogen-bond acceptors (Lipinski definition) is 3. The molecule has 0 unspecified atom stereocenters. The highest BCUT2D eigenvalue weighted by molar-refractivity contribution is 6.51. The zero-order valence-electron chi connectivity index (χ0n) is 8.52. The minimum Gasteiger partial charge on any atom is -0.369 e. The maximum atomic E-state index is 11.2. The molecule has 90 valence electrons. The van der Waals surface area contributed by atoms with Gasteiger partial charge < -0.3 is 17.2 Å². The van der Waals surface area contributed by atoms with Crippen molar-refractivity contribution in [1.82, 2.24) is 0 Å². The summed E-state index contributed by atoms with van der Waals surface area (Å²) >= 11 is 11.7. The van der Waals surface area contributed by atoms with Gasteiger partial charge in [0, 0.05) is 5.56 Å². The van der Waals surface area contributed by atoms with E-state index in [4.69, 9.17) is 40.4 Å². The van der Waals surface area contributed by atoms with Gasteiger partial charge in [0.15, 0.2) is 5.71 Å². The molecule has 0 saturated carbocycles. The number of halogens is 2. The molecule has 6 N–H and O–H groups in total. The zero-order chi connectivity index (χ0) is 13.0. The number of nitrogens with zero attached hydrogens (tertiary/aromatic N) is 2. The SMILES string of the molecule is NC(=O)C(=NN=C(N)N)c1cccc(Cl)c1Cl. The summed E-state index contributed by atoms with van der Waals surface area (Å²) in [6.45, 7) is 0. The number of hydrogen-bond donors (Lipinski definition) is 3. The van der Waals surface area contributed by atoms with Crippen molar-refractivity contribution in [2.24, 2.45) is 27.4 Å². The molecule has 8 heteroatoms. The van der Waals surface area contributed by atoms with Crippen molar-refractivity contribution < 1.29 is 4.79 Å². The van der Waals surface area contributed by atoms with Gasteiger partial charge >= 0.3 is 0 Å². The largest absolute Gasteiger partial charge is 0.369 e. The molecule has 0 radical (unpaired) electrons. The van der Waals surface area contributed by atoms with Crippen LogP contribution in [0.4, 0.5) is 0 Å². The summed E-state index contributed by atoms with van der Waals surface area (Å²) in [7, 11) is 0. The molecule has 0 atom stereocenters. The monoisotopic (exact) mass is 273 g/mol. The average Bonchev–Trinajstić information content (AvgIpc) is 2.23. The Kier molecular flexibility index (Phi) is 4.30. The molecule has 0 bridgehead atoms. The molecule has 0 spiro atoms. The lowest BCUT2D eigenvalue weighted by atomic mass is 10.1. The Morgan fingerprint density at radius 1 is 1.12 bits per heavy atom. The van der Waals surface area contributed by atoms with E-state index in [-0.39, 0.29) is 27.3 Å². The van der Waals surface area contributed by atoms with Crippen LogP contribution in [0.15, 0.2) is 28.4 Å². The van der Waals surface area contributed by atoms with Gasteiger partial charge in [0.2, 0.25) is 5.96 Å². The summed E-state index contributed by atoms with van der Waals surface area (Å²) < 4.78 is 0. The Morgan fingerprint density at radius 3 is 2.29 bits per heavy atom. The summed E-state index contributed by atoms with van der Waals surface area (Å²) in [5, 5.41) is 7.30. The van der Waals surface area contributed by atoms with Crippen LogP contribution in [0.25, 0.3) is 0 Å². The molecule has 0 heterocycles. The van der Waals surface area contributed by atoms with Crippen LogP contribution < -0.4 is 17.2 Å². The minimum atomic E-state index is -0.820. The number of rotatable bonds is 3. The fourth-order valence-electron chi connectivity index (χ4n) is 1.03. The highest BCUT2D eigenvalue weighted by Gasteiger charge is 2.15. The van der Waals surface area contributed by atoms with Crippen LogP contribution in [0.2, 0.25) is 10.0 Å². The zero-order valence-corrected chi connectivity index (χ0v) is 10.0. The van der Waals surface area contributed by atoms with Crippen LogP contribution in [0.3, 0.4) is 0 Å². The fourth-order valence-corrected chi connectivity index (χ4v) is 1.42. The number of carbonyl (C=O) groups excluding carboxylic acids is 1. The summed E-state index contributed by atoms with van der Waals surface area (Å²) in [5.41, 5.74) is 15.4. The van der Waals surface area contributed by atoms with Gasteiger partial charge in [-0.2, -0.15) is 0 Å². The van der Waals surface area contributed by atoms with E-state index in [1.54, 1.807) is 12.1 Å². The maximum absolute atomic E-state index is 11.2. The quantitative estimate of drug-likeness (QED) is 0.421. The lowest BCUT2D eigenvalue weighted by molar-refractivity contribution is -0.111. The second-order valence-electron chi connectivity index (χ2n) is 2.94. The Balaban J connectivity index is 3.34. The number of amides is 1. The van der Waals surface area contributed by atoms with Crippen LogP contribution in [-0.4, -0.2) is 17.6 Å². The van der Waals surface area contributed by atoms with E-state index in [0.717, 1.165) is 0 Å². The molecule has 0 aliphatic carbocycles.